The zero-order chi connectivity index (χ0) is 32.7. The number of methoxy groups -OCH3 is 1. The molecule has 1 heterocycles. The van der Waals surface area contributed by atoms with Crippen LogP contribution in [-0.2, 0) is 14.3 Å². The maximum atomic E-state index is 13.6. The second-order valence-corrected chi connectivity index (χ2v) is 12.2. The molecule has 1 aliphatic heterocycles. The molecule has 2 aliphatic carbocycles. The van der Waals surface area contributed by atoms with Crippen molar-refractivity contribution in [2.24, 2.45) is 23.7 Å². The number of imide groups is 1. The lowest BCUT2D eigenvalue weighted by atomic mass is 9.73. The fraction of sp³-hybridized carbons (Fsp3) is 0.237. The molecule has 4 aromatic rings. The molecular weight excluding hydrogens is 598 g/mol. The van der Waals surface area contributed by atoms with Gasteiger partial charge in [-0.15, -0.1) is 0 Å². The van der Waals surface area contributed by atoms with Gasteiger partial charge in [-0.05, 0) is 103 Å². The highest BCUT2D eigenvalue weighted by Gasteiger charge is 2.64. The summed E-state index contributed by atoms with van der Waals surface area (Å²) in [6, 6.07) is 28.8. The minimum atomic E-state index is -0.714. The maximum Gasteiger partial charge on any atom is 0.343 e. The summed E-state index contributed by atoms with van der Waals surface area (Å²) >= 11 is 0. The van der Waals surface area contributed by atoms with Crippen LogP contribution in [0.25, 0.3) is 0 Å². The van der Waals surface area contributed by atoms with Gasteiger partial charge in [-0.25, -0.2) is 9.59 Å². The summed E-state index contributed by atoms with van der Waals surface area (Å²) in [7, 11) is 1.50. The van der Waals surface area contributed by atoms with Crippen molar-refractivity contribution >= 4 is 35.2 Å². The summed E-state index contributed by atoms with van der Waals surface area (Å²) in [5, 5.41) is 0. The van der Waals surface area contributed by atoms with E-state index >= 15 is 0 Å². The van der Waals surface area contributed by atoms with Crippen molar-refractivity contribution in [1.29, 1.82) is 0 Å². The molecule has 0 radical (unpaired) electrons. The van der Waals surface area contributed by atoms with Gasteiger partial charge in [0.2, 0.25) is 11.8 Å². The van der Waals surface area contributed by atoms with Crippen LogP contribution in [0.4, 0.5) is 5.69 Å². The molecule has 5 atom stereocenters. The van der Waals surface area contributed by atoms with Gasteiger partial charge in [0.15, 0.2) is 12.4 Å². The molecule has 236 valence electrons. The molecule has 4 aromatic carbocycles. The molecule has 7 rings (SSSR count). The third-order valence-corrected chi connectivity index (χ3v) is 9.63. The third kappa shape index (κ3) is 5.58. The number of hydrogen-bond donors (Lipinski definition) is 0. The van der Waals surface area contributed by atoms with E-state index in [0.29, 0.717) is 17.0 Å². The van der Waals surface area contributed by atoms with Crippen molar-refractivity contribution < 1.29 is 38.2 Å². The van der Waals surface area contributed by atoms with E-state index < -0.39 is 24.3 Å². The Morgan fingerprint density at radius 2 is 1.40 bits per heavy atom. The van der Waals surface area contributed by atoms with Crippen LogP contribution in [-0.4, -0.2) is 43.3 Å². The standard InChI is InChI=1S/C38H31NO8/c1-45-29-9-5-8-25(18-29)38(44)47-28-16-12-23(13-17-28)32(40)21-46-37(43)24-10-14-27(15-11-24)39-35(41)33-26-19-30(22-6-3-2-4-7-22)31(20-26)34(33)36(39)42/h2-18,26,30-31,33-34H,19-21H2,1H3/t26-,30+,31+,33-,34-/m0/s1. The molecule has 2 amide bonds. The quantitative estimate of drug-likeness (QED) is 0.0975. The number of carbonyl (C=O) groups excluding carboxylic acids is 5. The number of hydrogen-bond acceptors (Lipinski definition) is 8. The van der Waals surface area contributed by atoms with Gasteiger partial charge >= 0.3 is 11.9 Å². The van der Waals surface area contributed by atoms with Gasteiger partial charge < -0.3 is 14.2 Å². The number of ether oxygens (including phenoxy) is 3. The second kappa shape index (κ2) is 12.3. The van der Waals surface area contributed by atoms with Crippen molar-refractivity contribution in [2.45, 2.75) is 18.8 Å². The molecule has 3 fully saturated rings. The lowest BCUT2D eigenvalue weighted by Gasteiger charge is -2.28. The van der Waals surface area contributed by atoms with Crippen molar-refractivity contribution in [3.05, 3.63) is 125 Å². The number of carbonyl (C=O) groups is 5. The Kier molecular flexibility index (Phi) is 7.89. The van der Waals surface area contributed by atoms with Crippen LogP contribution >= 0.6 is 0 Å². The number of benzene rings is 4. The Balaban J connectivity index is 0.943. The number of esters is 2. The van der Waals surface area contributed by atoms with Gasteiger partial charge in [-0.3, -0.25) is 19.3 Å². The van der Waals surface area contributed by atoms with E-state index in [9.17, 15) is 24.0 Å². The Morgan fingerprint density at radius 1 is 0.702 bits per heavy atom. The summed E-state index contributed by atoms with van der Waals surface area (Å²) in [6.07, 6.45) is 1.81. The minimum Gasteiger partial charge on any atom is -0.497 e. The number of fused-ring (bicyclic) bond motifs is 5. The molecule has 1 saturated heterocycles. The maximum absolute atomic E-state index is 13.6. The number of anilines is 1. The zero-order valence-electron chi connectivity index (χ0n) is 25.5. The van der Waals surface area contributed by atoms with Gasteiger partial charge in [-0.2, -0.15) is 0 Å². The third-order valence-electron chi connectivity index (χ3n) is 9.63. The first-order valence-corrected chi connectivity index (χ1v) is 15.5. The lowest BCUT2D eigenvalue weighted by Crippen LogP contribution is -2.33. The highest BCUT2D eigenvalue weighted by atomic mass is 16.5. The number of Topliss-reactive ketones (excluding diaryl/α,β-unsaturated/α-hetero) is 1. The normalized spacial score (nSPS) is 22.6. The predicted octanol–water partition coefficient (Wildman–Crippen LogP) is 5.88. The van der Waals surface area contributed by atoms with Crippen molar-refractivity contribution in [1.82, 2.24) is 0 Å². The molecule has 0 spiro atoms. The van der Waals surface area contributed by atoms with E-state index in [-0.39, 0.29) is 58.3 Å². The van der Waals surface area contributed by atoms with Crippen LogP contribution < -0.4 is 14.4 Å². The van der Waals surface area contributed by atoms with Crippen molar-refractivity contribution in [3.63, 3.8) is 0 Å². The number of rotatable bonds is 9. The first kappa shape index (κ1) is 30.1. The van der Waals surface area contributed by atoms with Crippen LogP contribution in [0, 0.1) is 23.7 Å². The van der Waals surface area contributed by atoms with E-state index in [0.717, 1.165) is 12.8 Å². The van der Waals surface area contributed by atoms with Crippen molar-refractivity contribution in [2.75, 3.05) is 18.6 Å². The fourth-order valence-corrected chi connectivity index (χ4v) is 7.47. The summed E-state index contributed by atoms with van der Waals surface area (Å²) in [6.45, 7) is -0.499. The van der Waals surface area contributed by atoms with Crippen LogP contribution in [0.1, 0.15) is 55.4 Å². The molecule has 9 nitrogen and oxygen atoms in total. The predicted molar refractivity (Wildman–Crippen MR) is 170 cm³/mol. The van der Waals surface area contributed by atoms with Crippen LogP contribution in [0.15, 0.2) is 103 Å². The average molecular weight is 630 g/mol. The summed E-state index contributed by atoms with van der Waals surface area (Å²) in [5.74, 6) is -1.31. The fourth-order valence-electron chi connectivity index (χ4n) is 7.47. The van der Waals surface area contributed by atoms with E-state index in [1.54, 1.807) is 36.4 Å². The highest BCUT2D eigenvalue weighted by Crippen LogP contribution is 2.61. The number of nitrogens with zero attached hydrogens (tertiary/aromatic N) is 1. The van der Waals surface area contributed by atoms with Gasteiger partial charge in [0.25, 0.3) is 0 Å². The summed E-state index contributed by atoms with van der Waals surface area (Å²) in [4.78, 5) is 66.2. The van der Waals surface area contributed by atoms with Crippen molar-refractivity contribution in [3.8, 4) is 11.5 Å². The van der Waals surface area contributed by atoms with E-state index in [1.807, 2.05) is 18.2 Å². The monoisotopic (exact) mass is 629 g/mol. The second-order valence-electron chi connectivity index (χ2n) is 12.2. The van der Waals surface area contributed by atoms with Crippen LogP contribution in [0.3, 0.4) is 0 Å². The number of amides is 2. The molecule has 9 heteroatoms. The minimum absolute atomic E-state index is 0.144. The first-order chi connectivity index (χ1) is 22.8. The van der Waals surface area contributed by atoms with Crippen LogP contribution in [0.2, 0.25) is 0 Å². The summed E-state index contributed by atoms with van der Waals surface area (Å²) < 4.78 is 15.7. The smallest absolute Gasteiger partial charge is 0.343 e. The largest absolute Gasteiger partial charge is 0.497 e. The molecule has 2 bridgehead atoms. The van der Waals surface area contributed by atoms with Gasteiger partial charge in [0.1, 0.15) is 11.5 Å². The van der Waals surface area contributed by atoms with E-state index in [4.69, 9.17) is 14.2 Å². The topological polar surface area (TPSA) is 116 Å². The van der Waals surface area contributed by atoms with Gasteiger partial charge in [0.05, 0.1) is 35.8 Å². The van der Waals surface area contributed by atoms with Gasteiger partial charge in [-0.1, -0.05) is 36.4 Å². The Morgan fingerprint density at radius 3 is 2.13 bits per heavy atom. The van der Waals surface area contributed by atoms with E-state index in [2.05, 4.69) is 12.1 Å². The number of ketones is 1. The molecule has 2 saturated carbocycles. The molecule has 0 aromatic heterocycles. The Labute approximate surface area is 271 Å². The van der Waals surface area contributed by atoms with E-state index in [1.165, 1.54) is 54.0 Å². The average Bonchev–Trinajstić information content (AvgIpc) is 3.78. The molecular formula is C38H31NO8. The first-order valence-electron chi connectivity index (χ1n) is 15.5. The Bertz CT molecular complexity index is 1870. The molecule has 47 heavy (non-hydrogen) atoms. The molecule has 0 unspecified atom stereocenters. The Hall–Kier alpha value is -5.57. The molecule has 3 aliphatic rings. The molecule has 0 N–H and O–H groups in total. The lowest BCUT2D eigenvalue weighted by molar-refractivity contribution is -0.123. The van der Waals surface area contributed by atoms with Crippen LogP contribution in [0.5, 0.6) is 11.5 Å². The van der Waals surface area contributed by atoms with Gasteiger partial charge in [0, 0.05) is 5.56 Å². The summed E-state index contributed by atoms with van der Waals surface area (Å²) in [5.41, 5.74) is 2.42. The zero-order valence-corrected chi connectivity index (χ0v) is 25.5. The SMILES string of the molecule is COc1cccc(C(=O)Oc2ccc(C(=O)COC(=O)c3ccc(N4C(=O)[C@H]5[C@@H]6C[C@@H]([C@@H]5C4=O)[C@@H](c4ccccc4)C6)cc3)cc2)c1. The highest BCUT2D eigenvalue weighted by molar-refractivity contribution is 6.22.